The third kappa shape index (κ3) is 3.18. The van der Waals surface area contributed by atoms with Crippen LogP contribution >= 0.6 is 0 Å². The van der Waals surface area contributed by atoms with Crippen molar-refractivity contribution in [1.82, 2.24) is 0 Å². The van der Waals surface area contributed by atoms with Crippen LogP contribution in [-0.4, -0.2) is 24.6 Å². The molecule has 0 aromatic heterocycles. The Morgan fingerprint density at radius 2 is 2.00 bits per heavy atom. The van der Waals surface area contributed by atoms with Gasteiger partial charge in [0, 0.05) is 6.42 Å². The molecule has 0 radical (unpaired) electrons. The molecule has 0 spiro atoms. The Hall–Kier alpha value is -1.35. The molecule has 0 aliphatic rings. The second-order valence-electron chi connectivity index (χ2n) is 3.04. The number of aliphatic hydroxyl groups excluding tert-OH is 1. The quantitative estimate of drug-likeness (QED) is 0.765. The van der Waals surface area contributed by atoms with Crippen molar-refractivity contribution in [2.45, 2.75) is 12.8 Å². The fourth-order valence-electron chi connectivity index (χ4n) is 1.16. The maximum Gasteiger partial charge on any atom is 0.158 e. The summed E-state index contributed by atoms with van der Waals surface area (Å²) in [6.07, 6.45) is 1.06. The normalized spacial score (nSPS) is 9.86. The molecule has 76 valence electrons. The summed E-state index contributed by atoms with van der Waals surface area (Å²) in [5.74, 6) is 0.683. The molecule has 1 aromatic rings. The van der Waals surface area contributed by atoms with Gasteiger partial charge in [0.2, 0.25) is 0 Å². The standard InChI is InChI=1S/C11H14O3/c1-14-11-6-3-9(4-7-11)2-5-10(13)8-12/h3-4,6-7,12H,2,5,8H2,1H3. The van der Waals surface area contributed by atoms with Crippen molar-refractivity contribution in [3.8, 4) is 5.75 Å². The van der Waals surface area contributed by atoms with Gasteiger partial charge in [-0.25, -0.2) is 0 Å². The van der Waals surface area contributed by atoms with Crippen molar-refractivity contribution >= 4 is 5.78 Å². The molecule has 0 aliphatic carbocycles. The van der Waals surface area contributed by atoms with Crippen molar-refractivity contribution in [1.29, 1.82) is 0 Å². The van der Waals surface area contributed by atoms with Crippen LogP contribution in [0.15, 0.2) is 24.3 Å². The van der Waals surface area contributed by atoms with E-state index in [-0.39, 0.29) is 12.4 Å². The monoisotopic (exact) mass is 194 g/mol. The zero-order valence-corrected chi connectivity index (χ0v) is 8.19. The highest BCUT2D eigenvalue weighted by atomic mass is 16.5. The van der Waals surface area contributed by atoms with E-state index in [1.165, 1.54) is 0 Å². The largest absolute Gasteiger partial charge is 0.497 e. The topological polar surface area (TPSA) is 46.5 Å². The van der Waals surface area contributed by atoms with E-state index in [1.54, 1.807) is 7.11 Å². The van der Waals surface area contributed by atoms with Crippen LogP contribution in [0.5, 0.6) is 5.75 Å². The first-order chi connectivity index (χ1) is 6.76. The van der Waals surface area contributed by atoms with E-state index in [1.807, 2.05) is 24.3 Å². The predicted octanol–water partition coefficient (Wildman–Crippen LogP) is 1.19. The molecule has 1 rings (SSSR count). The molecule has 3 heteroatoms. The van der Waals surface area contributed by atoms with Crippen LogP contribution in [0.4, 0.5) is 0 Å². The first kappa shape index (κ1) is 10.7. The fourth-order valence-corrected chi connectivity index (χ4v) is 1.16. The summed E-state index contributed by atoms with van der Waals surface area (Å²) in [5.41, 5.74) is 1.08. The third-order valence-corrected chi connectivity index (χ3v) is 2.03. The van der Waals surface area contributed by atoms with E-state index in [4.69, 9.17) is 9.84 Å². The molecule has 1 N–H and O–H groups in total. The Kier molecular flexibility index (Phi) is 4.13. The van der Waals surface area contributed by atoms with Crippen LogP contribution in [0.25, 0.3) is 0 Å². The molecular formula is C11H14O3. The van der Waals surface area contributed by atoms with Crippen LogP contribution in [0.1, 0.15) is 12.0 Å². The lowest BCUT2D eigenvalue weighted by atomic mass is 10.1. The molecule has 0 bridgehead atoms. The summed E-state index contributed by atoms with van der Waals surface area (Å²) in [5, 5.41) is 8.53. The number of hydrogen-bond donors (Lipinski definition) is 1. The number of methoxy groups -OCH3 is 1. The zero-order valence-electron chi connectivity index (χ0n) is 8.19. The van der Waals surface area contributed by atoms with Crippen LogP contribution < -0.4 is 4.74 Å². The average Bonchev–Trinajstić information content (AvgIpc) is 2.26. The fraction of sp³-hybridized carbons (Fsp3) is 0.364. The summed E-state index contributed by atoms with van der Waals surface area (Å²) < 4.78 is 5.01. The minimum atomic E-state index is -0.365. The molecule has 0 amide bonds. The van der Waals surface area contributed by atoms with Crippen molar-refractivity contribution in [3.05, 3.63) is 29.8 Å². The van der Waals surface area contributed by atoms with Gasteiger partial charge < -0.3 is 9.84 Å². The predicted molar refractivity (Wildman–Crippen MR) is 53.4 cm³/mol. The molecule has 0 fully saturated rings. The van der Waals surface area contributed by atoms with Gasteiger partial charge in [-0.1, -0.05) is 12.1 Å². The molecule has 0 heterocycles. The number of rotatable bonds is 5. The molecule has 14 heavy (non-hydrogen) atoms. The Balaban J connectivity index is 2.47. The third-order valence-electron chi connectivity index (χ3n) is 2.03. The van der Waals surface area contributed by atoms with Crippen LogP contribution in [-0.2, 0) is 11.2 Å². The van der Waals surface area contributed by atoms with Gasteiger partial charge in [-0.3, -0.25) is 4.79 Å². The minimum Gasteiger partial charge on any atom is -0.497 e. The van der Waals surface area contributed by atoms with E-state index in [9.17, 15) is 4.79 Å². The zero-order chi connectivity index (χ0) is 10.4. The highest BCUT2D eigenvalue weighted by molar-refractivity contribution is 5.79. The Labute approximate surface area is 83.3 Å². The summed E-state index contributed by atoms with van der Waals surface area (Å²) in [6, 6.07) is 7.56. The van der Waals surface area contributed by atoms with Crippen molar-refractivity contribution < 1.29 is 14.6 Å². The molecular weight excluding hydrogens is 180 g/mol. The number of ether oxygens (including phenoxy) is 1. The lowest BCUT2D eigenvalue weighted by Crippen LogP contribution is -2.04. The van der Waals surface area contributed by atoms with E-state index >= 15 is 0 Å². The maximum absolute atomic E-state index is 10.8. The van der Waals surface area contributed by atoms with Crippen LogP contribution in [0, 0.1) is 0 Å². The van der Waals surface area contributed by atoms with Gasteiger partial charge in [-0.05, 0) is 24.1 Å². The number of benzene rings is 1. The summed E-state index contributed by atoms with van der Waals surface area (Å²) in [7, 11) is 1.62. The van der Waals surface area contributed by atoms with Gasteiger partial charge in [-0.2, -0.15) is 0 Å². The lowest BCUT2D eigenvalue weighted by Gasteiger charge is -2.02. The van der Waals surface area contributed by atoms with E-state index in [0.29, 0.717) is 12.8 Å². The number of carbonyl (C=O) groups excluding carboxylic acids is 1. The van der Waals surface area contributed by atoms with Gasteiger partial charge in [0.05, 0.1) is 7.11 Å². The molecule has 1 aromatic carbocycles. The van der Waals surface area contributed by atoms with Gasteiger partial charge in [0.25, 0.3) is 0 Å². The van der Waals surface area contributed by atoms with E-state index in [0.717, 1.165) is 11.3 Å². The van der Waals surface area contributed by atoms with E-state index < -0.39 is 0 Å². The van der Waals surface area contributed by atoms with E-state index in [2.05, 4.69) is 0 Å². The lowest BCUT2D eigenvalue weighted by molar-refractivity contribution is -0.121. The van der Waals surface area contributed by atoms with Crippen molar-refractivity contribution in [2.24, 2.45) is 0 Å². The van der Waals surface area contributed by atoms with Gasteiger partial charge in [0.1, 0.15) is 12.4 Å². The summed E-state index contributed by atoms with van der Waals surface area (Å²) in [4.78, 5) is 10.8. The molecule has 0 saturated heterocycles. The van der Waals surface area contributed by atoms with Crippen LogP contribution in [0.2, 0.25) is 0 Å². The Bertz CT molecular complexity index is 290. The molecule has 0 aliphatic heterocycles. The average molecular weight is 194 g/mol. The molecule has 0 saturated carbocycles. The second kappa shape index (κ2) is 5.40. The van der Waals surface area contributed by atoms with Gasteiger partial charge >= 0.3 is 0 Å². The maximum atomic E-state index is 10.8. The smallest absolute Gasteiger partial charge is 0.158 e. The Morgan fingerprint density at radius 3 is 2.50 bits per heavy atom. The molecule has 0 unspecified atom stereocenters. The first-order valence-corrected chi connectivity index (χ1v) is 4.51. The highest BCUT2D eigenvalue weighted by Crippen LogP contribution is 2.12. The highest BCUT2D eigenvalue weighted by Gasteiger charge is 2.00. The number of Topliss-reactive ketones (excluding diaryl/α,β-unsaturated/α-hetero) is 1. The molecule has 0 atom stereocenters. The van der Waals surface area contributed by atoms with Crippen LogP contribution in [0.3, 0.4) is 0 Å². The first-order valence-electron chi connectivity index (χ1n) is 4.51. The number of hydrogen-bond acceptors (Lipinski definition) is 3. The number of aryl methyl sites for hydroxylation is 1. The molecule has 3 nitrogen and oxygen atoms in total. The number of carbonyl (C=O) groups is 1. The van der Waals surface area contributed by atoms with Gasteiger partial charge in [-0.15, -0.1) is 0 Å². The van der Waals surface area contributed by atoms with Crippen molar-refractivity contribution in [2.75, 3.05) is 13.7 Å². The van der Waals surface area contributed by atoms with Crippen molar-refractivity contribution in [3.63, 3.8) is 0 Å². The summed E-state index contributed by atoms with van der Waals surface area (Å²) in [6.45, 7) is -0.365. The number of ketones is 1. The second-order valence-corrected chi connectivity index (χ2v) is 3.04. The minimum absolute atomic E-state index is 0.124. The Morgan fingerprint density at radius 1 is 1.36 bits per heavy atom. The number of aliphatic hydroxyl groups is 1. The van der Waals surface area contributed by atoms with Gasteiger partial charge in [0.15, 0.2) is 5.78 Å². The summed E-state index contributed by atoms with van der Waals surface area (Å²) >= 11 is 0. The SMILES string of the molecule is COc1ccc(CCC(=O)CO)cc1.